The number of amides is 1. The first-order valence-electron chi connectivity index (χ1n) is 9.98. The molecule has 31 heavy (non-hydrogen) atoms. The van der Waals surface area contributed by atoms with Crippen LogP contribution in [-0.4, -0.2) is 26.6 Å². The van der Waals surface area contributed by atoms with Gasteiger partial charge in [-0.1, -0.05) is 36.4 Å². The topological polar surface area (TPSA) is 57.7 Å². The molecule has 1 heterocycles. The molecule has 7 heteroatoms. The van der Waals surface area contributed by atoms with Crippen molar-refractivity contribution < 1.29 is 17.6 Å². The van der Waals surface area contributed by atoms with Crippen molar-refractivity contribution in [1.29, 1.82) is 0 Å². The van der Waals surface area contributed by atoms with E-state index in [0.717, 1.165) is 28.2 Å². The Bertz CT molecular complexity index is 1230. The van der Waals surface area contributed by atoms with Gasteiger partial charge in [-0.25, -0.2) is 12.8 Å². The normalized spacial score (nSPS) is 15.6. The van der Waals surface area contributed by atoms with Crippen molar-refractivity contribution in [3.8, 4) is 0 Å². The minimum Gasteiger partial charge on any atom is -0.305 e. The highest BCUT2D eigenvalue weighted by molar-refractivity contribution is 7.92. The van der Waals surface area contributed by atoms with Crippen molar-refractivity contribution in [3.63, 3.8) is 0 Å². The maximum Gasteiger partial charge on any atom is 0.258 e. The van der Waals surface area contributed by atoms with Crippen LogP contribution in [0.25, 0.3) is 0 Å². The Kier molecular flexibility index (Phi) is 5.54. The molecule has 1 amide bonds. The van der Waals surface area contributed by atoms with E-state index in [9.17, 15) is 17.6 Å². The zero-order chi connectivity index (χ0) is 22.2. The first kappa shape index (κ1) is 21.1. The lowest BCUT2D eigenvalue weighted by atomic mass is 10.1. The molecular formula is C24H23FN2O3S. The number of carbonyl (C=O) groups is 1. The number of halogens is 1. The van der Waals surface area contributed by atoms with E-state index < -0.39 is 15.8 Å². The number of hydrogen-bond acceptors (Lipinski definition) is 3. The van der Waals surface area contributed by atoms with Crippen molar-refractivity contribution in [2.45, 2.75) is 25.9 Å². The Hall–Kier alpha value is -3.19. The Morgan fingerprint density at radius 2 is 1.68 bits per heavy atom. The van der Waals surface area contributed by atoms with Crippen LogP contribution in [0.2, 0.25) is 0 Å². The van der Waals surface area contributed by atoms with Gasteiger partial charge in [-0.3, -0.25) is 9.10 Å². The van der Waals surface area contributed by atoms with Crippen molar-refractivity contribution in [1.82, 2.24) is 0 Å². The van der Waals surface area contributed by atoms with Gasteiger partial charge >= 0.3 is 0 Å². The van der Waals surface area contributed by atoms with Crippen molar-refractivity contribution in [3.05, 3.63) is 95.3 Å². The number of hydrogen-bond donors (Lipinski definition) is 0. The van der Waals surface area contributed by atoms with Crippen molar-refractivity contribution >= 4 is 27.3 Å². The number of para-hydroxylation sites is 1. The molecular weight excluding hydrogens is 415 g/mol. The molecule has 0 unspecified atom stereocenters. The van der Waals surface area contributed by atoms with E-state index in [1.807, 2.05) is 31.2 Å². The molecule has 160 valence electrons. The Morgan fingerprint density at radius 3 is 2.35 bits per heavy atom. The number of carbonyl (C=O) groups excluding carboxylic acids is 1. The molecule has 0 saturated carbocycles. The Morgan fingerprint density at radius 1 is 1.03 bits per heavy atom. The van der Waals surface area contributed by atoms with Gasteiger partial charge in [0.25, 0.3) is 5.91 Å². The molecule has 5 nitrogen and oxygen atoms in total. The summed E-state index contributed by atoms with van der Waals surface area (Å²) < 4.78 is 40.0. The monoisotopic (exact) mass is 438 g/mol. The molecule has 3 aromatic rings. The van der Waals surface area contributed by atoms with E-state index in [4.69, 9.17) is 0 Å². The quantitative estimate of drug-likeness (QED) is 0.594. The highest BCUT2D eigenvalue weighted by Gasteiger charge is 2.31. The highest BCUT2D eigenvalue weighted by atomic mass is 32.2. The third-order valence-electron chi connectivity index (χ3n) is 5.50. The summed E-state index contributed by atoms with van der Waals surface area (Å²) in [6, 6.07) is 20.3. The predicted molar refractivity (Wildman–Crippen MR) is 120 cm³/mol. The molecule has 1 aliphatic rings. The standard InChI is InChI=1S/C24H23FN2O3S/c1-17-15-19-7-4-6-10-23(19)27(17)24(28)18-11-13-21(14-12-18)26(31(2,29)30)16-20-8-3-5-9-22(20)25/h3-14,17H,15-16H2,1-2H3/t17-/m1/s1. The average molecular weight is 439 g/mol. The predicted octanol–water partition coefficient (Wildman–Crippen LogP) is 4.38. The summed E-state index contributed by atoms with van der Waals surface area (Å²) in [6.07, 6.45) is 1.88. The van der Waals surface area contributed by atoms with Gasteiger partial charge in [0.1, 0.15) is 5.82 Å². The van der Waals surface area contributed by atoms with Gasteiger partial charge in [0.05, 0.1) is 18.5 Å². The summed E-state index contributed by atoms with van der Waals surface area (Å²) in [5.74, 6) is -0.603. The molecule has 1 aliphatic heterocycles. The van der Waals surface area contributed by atoms with E-state index in [-0.39, 0.29) is 24.1 Å². The van der Waals surface area contributed by atoms with E-state index >= 15 is 0 Å². The van der Waals surface area contributed by atoms with Crippen LogP contribution in [0.1, 0.15) is 28.4 Å². The second-order valence-corrected chi connectivity index (χ2v) is 9.67. The molecule has 4 rings (SSSR count). The molecule has 1 atom stereocenters. The summed E-state index contributed by atoms with van der Waals surface area (Å²) in [6.45, 7) is 1.88. The summed E-state index contributed by atoms with van der Waals surface area (Å²) in [7, 11) is -3.66. The second kappa shape index (κ2) is 8.15. The molecule has 0 N–H and O–H groups in total. The molecule has 0 radical (unpaired) electrons. The molecule has 3 aromatic carbocycles. The minimum absolute atomic E-state index is 0.0400. The number of anilines is 2. The Balaban J connectivity index is 1.62. The van der Waals surface area contributed by atoms with Gasteiger partial charge in [0, 0.05) is 22.9 Å². The number of sulfonamides is 1. The fraction of sp³-hybridized carbons (Fsp3) is 0.208. The summed E-state index contributed by atoms with van der Waals surface area (Å²) >= 11 is 0. The van der Waals surface area contributed by atoms with E-state index in [1.54, 1.807) is 47.4 Å². The van der Waals surface area contributed by atoms with Gasteiger partial charge in [-0.15, -0.1) is 0 Å². The number of fused-ring (bicyclic) bond motifs is 1. The third kappa shape index (κ3) is 4.18. The molecule has 0 aliphatic carbocycles. The van der Waals surface area contributed by atoms with E-state index in [1.165, 1.54) is 6.07 Å². The molecule has 0 saturated heterocycles. The van der Waals surface area contributed by atoms with Gasteiger partial charge in [0.2, 0.25) is 10.0 Å². The lowest BCUT2D eigenvalue weighted by molar-refractivity contribution is 0.0981. The summed E-state index contributed by atoms with van der Waals surface area (Å²) in [5.41, 5.74) is 3.15. The number of rotatable bonds is 5. The molecule has 0 aromatic heterocycles. The second-order valence-electron chi connectivity index (χ2n) is 7.76. The summed E-state index contributed by atoms with van der Waals surface area (Å²) in [5, 5.41) is 0. The van der Waals surface area contributed by atoms with Crippen LogP contribution in [0.4, 0.5) is 15.8 Å². The molecule has 0 spiro atoms. The number of benzene rings is 3. The van der Waals surface area contributed by atoms with Crippen LogP contribution >= 0.6 is 0 Å². The van der Waals surface area contributed by atoms with Gasteiger partial charge in [-0.2, -0.15) is 0 Å². The van der Waals surface area contributed by atoms with Crippen LogP contribution in [0, 0.1) is 5.82 Å². The lowest BCUT2D eigenvalue weighted by Crippen LogP contribution is -2.35. The van der Waals surface area contributed by atoms with E-state index in [2.05, 4.69) is 0 Å². The van der Waals surface area contributed by atoms with Gasteiger partial charge in [-0.05, 0) is 55.3 Å². The first-order chi connectivity index (χ1) is 14.8. The minimum atomic E-state index is -3.66. The van der Waals surface area contributed by atoms with Crippen LogP contribution < -0.4 is 9.21 Å². The first-order valence-corrected chi connectivity index (χ1v) is 11.8. The maximum atomic E-state index is 14.1. The summed E-state index contributed by atoms with van der Waals surface area (Å²) in [4.78, 5) is 15.0. The molecule has 0 fully saturated rings. The third-order valence-corrected chi connectivity index (χ3v) is 6.64. The number of nitrogens with zero attached hydrogens (tertiary/aromatic N) is 2. The van der Waals surface area contributed by atoms with Gasteiger partial charge in [0.15, 0.2) is 0 Å². The van der Waals surface area contributed by atoms with Crippen LogP contribution in [-0.2, 0) is 23.0 Å². The zero-order valence-electron chi connectivity index (χ0n) is 17.3. The Labute approximate surface area is 181 Å². The van der Waals surface area contributed by atoms with Crippen molar-refractivity contribution in [2.75, 3.05) is 15.5 Å². The molecule has 0 bridgehead atoms. The fourth-order valence-electron chi connectivity index (χ4n) is 3.97. The SMILES string of the molecule is C[C@@H]1Cc2ccccc2N1C(=O)c1ccc(N(Cc2ccccc2F)S(C)(=O)=O)cc1. The fourth-order valence-corrected chi connectivity index (χ4v) is 4.84. The van der Waals surface area contributed by atoms with Crippen molar-refractivity contribution in [2.24, 2.45) is 0 Å². The highest BCUT2D eigenvalue weighted by Crippen LogP contribution is 2.33. The smallest absolute Gasteiger partial charge is 0.258 e. The van der Waals surface area contributed by atoms with Gasteiger partial charge < -0.3 is 4.90 Å². The van der Waals surface area contributed by atoms with Crippen LogP contribution in [0.5, 0.6) is 0 Å². The van der Waals surface area contributed by atoms with E-state index in [0.29, 0.717) is 11.3 Å². The lowest BCUT2D eigenvalue weighted by Gasteiger charge is -2.25. The maximum absolute atomic E-state index is 14.1. The zero-order valence-corrected chi connectivity index (χ0v) is 18.1. The van der Waals surface area contributed by atoms with Crippen LogP contribution in [0.3, 0.4) is 0 Å². The van der Waals surface area contributed by atoms with Crippen LogP contribution in [0.15, 0.2) is 72.8 Å². The average Bonchev–Trinajstić information content (AvgIpc) is 3.07. The largest absolute Gasteiger partial charge is 0.305 e.